The number of nitrogens with zero attached hydrogens (tertiary/aromatic N) is 4. The number of rotatable bonds is 2. The van der Waals surface area contributed by atoms with Gasteiger partial charge in [-0.3, -0.25) is 0 Å². The normalized spacial score (nSPS) is 19.2. The second-order valence-corrected chi connectivity index (χ2v) is 7.41. The Morgan fingerprint density at radius 3 is 2.54 bits per heavy atom. The van der Waals surface area contributed by atoms with Crippen molar-refractivity contribution in [3.05, 3.63) is 22.2 Å². The molecule has 2 aromatic rings. The Labute approximate surface area is 145 Å². The monoisotopic (exact) mass is 346 g/mol. The maximum atomic E-state index is 12.4. The van der Waals surface area contributed by atoms with Gasteiger partial charge in [-0.15, -0.1) is 0 Å². The molecular formula is C17H22N4O2S. The number of aromatic nitrogens is 2. The largest absolute Gasteiger partial charge is 0.339 e. The van der Waals surface area contributed by atoms with Crippen LogP contribution in [-0.4, -0.2) is 52.2 Å². The van der Waals surface area contributed by atoms with Crippen molar-refractivity contribution in [3.8, 4) is 11.4 Å². The Kier molecular flexibility index (Phi) is 4.26. The predicted molar refractivity (Wildman–Crippen MR) is 92.1 cm³/mol. The highest BCUT2D eigenvalue weighted by Crippen LogP contribution is 2.30. The Bertz CT molecular complexity index is 712. The zero-order valence-electron chi connectivity index (χ0n) is 13.9. The van der Waals surface area contributed by atoms with E-state index in [9.17, 15) is 4.79 Å². The fourth-order valence-electron chi connectivity index (χ4n) is 3.53. The number of piperidine rings is 1. The SMILES string of the molecule is Cc1cscc1-c1noc(C2CCN(C(=O)N3CCCC3)CC2)n1. The molecule has 4 heterocycles. The van der Waals surface area contributed by atoms with E-state index < -0.39 is 0 Å². The van der Waals surface area contributed by atoms with Crippen molar-refractivity contribution in [3.63, 3.8) is 0 Å². The highest BCUT2D eigenvalue weighted by atomic mass is 32.1. The van der Waals surface area contributed by atoms with Gasteiger partial charge in [-0.25, -0.2) is 4.79 Å². The molecule has 2 amide bonds. The van der Waals surface area contributed by atoms with Gasteiger partial charge in [0.05, 0.1) is 0 Å². The molecular weight excluding hydrogens is 324 g/mol. The van der Waals surface area contributed by atoms with Crippen molar-refractivity contribution in [1.82, 2.24) is 19.9 Å². The first kappa shape index (κ1) is 15.6. The summed E-state index contributed by atoms with van der Waals surface area (Å²) < 4.78 is 5.51. The number of likely N-dealkylation sites (tertiary alicyclic amines) is 2. The third kappa shape index (κ3) is 2.92. The van der Waals surface area contributed by atoms with Crippen molar-refractivity contribution < 1.29 is 9.32 Å². The quantitative estimate of drug-likeness (QED) is 0.835. The average molecular weight is 346 g/mol. The summed E-state index contributed by atoms with van der Waals surface area (Å²) >= 11 is 1.65. The molecule has 2 fully saturated rings. The van der Waals surface area contributed by atoms with E-state index in [-0.39, 0.29) is 11.9 Å². The van der Waals surface area contributed by atoms with Crippen molar-refractivity contribution in [2.24, 2.45) is 0 Å². The highest BCUT2D eigenvalue weighted by Gasteiger charge is 2.30. The van der Waals surface area contributed by atoms with Gasteiger partial charge in [0.2, 0.25) is 11.7 Å². The Hall–Kier alpha value is -1.89. The molecule has 0 aromatic carbocycles. The van der Waals surface area contributed by atoms with Gasteiger partial charge < -0.3 is 14.3 Å². The molecule has 6 nitrogen and oxygen atoms in total. The first-order valence-electron chi connectivity index (χ1n) is 8.63. The number of thiophene rings is 1. The lowest BCUT2D eigenvalue weighted by molar-refractivity contribution is 0.144. The lowest BCUT2D eigenvalue weighted by atomic mass is 9.97. The highest BCUT2D eigenvalue weighted by molar-refractivity contribution is 7.08. The molecule has 0 saturated carbocycles. The fourth-order valence-corrected chi connectivity index (χ4v) is 4.35. The molecule has 4 rings (SSSR count). The number of hydrogen-bond acceptors (Lipinski definition) is 5. The topological polar surface area (TPSA) is 62.5 Å². The number of hydrogen-bond donors (Lipinski definition) is 0. The molecule has 0 N–H and O–H groups in total. The average Bonchev–Trinajstić information content (AvgIpc) is 3.35. The van der Waals surface area contributed by atoms with Crippen molar-refractivity contribution in [2.45, 2.75) is 38.5 Å². The lowest BCUT2D eigenvalue weighted by Crippen LogP contribution is -2.45. The van der Waals surface area contributed by atoms with Gasteiger partial charge in [0, 0.05) is 43.0 Å². The number of aryl methyl sites for hydroxylation is 1. The van der Waals surface area contributed by atoms with Crippen molar-refractivity contribution in [1.29, 1.82) is 0 Å². The van der Waals surface area contributed by atoms with E-state index in [4.69, 9.17) is 4.52 Å². The van der Waals surface area contributed by atoms with Gasteiger partial charge in [-0.2, -0.15) is 16.3 Å². The summed E-state index contributed by atoms with van der Waals surface area (Å²) in [6.07, 6.45) is 4.05. The Morgan fingerprint density at radius 1 is 1.17 bits per heavy atom. The molecule has 2 saturated heterocycles. The van der Waals surface area contributed by atoms with Crippen LogP contribution in [0.25, 0.3) is 11.4 Å². The van der Waals surface area contributed by atoms with E-state index in [0.717, 1.165) is 57.4 Å². The van der Waals surface area contributed by atoms with Crippen LogP contribution in [0.2, 0.25) is 0 Å². The molecule has 2 aliphatic rings. The van der Waals surface area contributed by atoms with Crippen LogP contribution in [-0.2, 0) is 0 Å². The minimum Gasteiger partial charge on any atom is -0.339 e. The number of carbonyl (C=O) groups is 1. The molecule has 2 aliphatic heterocycles. The van der Waals surface area contributed by atoms with Crippen LogP contribution in [0.5, 0.6) is 0 Å². The molecule has 0 aliphatic carbocycles. The second kappa shape index (κ2) is 6.55. The van der Waals surface area contributed by atoms with Crippen LogP contribution in [0.1, 0.15) is 43.1 Å². The van der Waals surface area contributed by atoms with Gasteiger partial charge in [-0.05, 0) is 43.6 Å². The number of carbonyl (C=O) groups excluding carboxylic acids is 1. The van der Waals surface area contributed by atoms with Crippen LogP contribution in [0, 0.1) is 6.92 Å². The maximum Gasteiger partial charge on any atom is 0.319 e. The third-order valence-corrected chi connectivity index (χ3v) is 5.89. The van der Waals surface area contributed by atoms with Crippen LogP contribution >= 0.6 is 11.3 Å². The second-order valence-electron chi connectivity index (χ2n) is 6.66. The van der Waals surface area contributed by atoms with E-state index >= 15 is 0 Å². The Morgan fingerprint density at radius 2 is 1.88 bits per heavy atom. The maximum absolute atomic E-state index is 12.4. The van der Waals surface area contributed by atoms with E-state index in [2.05, 4.69) is 27.8 Å². The molecule has 0 bridgehead atoms. The summed E-state index contributed by atoms with van der Waals surface area (Å²) in [4.78, 5) is 21.0. The third-order valence-electron chi connectivity index (χ3n) is 5.03. The molecule has 128 valence electrons. The number of amides is 2. The van der Waals surface area contributed by atoms with Gasteiger partial charge >= 0.3 is 6.03 Å². The first-order valence-corrected chi connectivity index (χ1v) is 9.57. The van der Waals surface area contributed by atoms with Crippen molar-refractivity contribution >= 4 is 17.4 Å². The zero-order chi connectivity index (χ0) is 16.5. The summed E-state index contributed by atoms with van der Waals surface area (Å²) in [5.41, 5.74) is 2.23. The summed E-state index contributed by atoms with van der Waals surface area (Å²) in [5.74, 6) is 1.65. The molecule has 2 aromatic heterocycles. The minimum atomic E-state index is 0.200. The standard InChI is InChI=1S/C17H22N4O2S/c1-12-10-24-11-14(12)15-18-16(23-19-15)13-4-8-21(9-5-13)17(22)20-6-2-3-7-20/h10-11,13H,2-9H2,1H3. The molecule has 0 atom stereocenters. The van der Waals surface area contributed by atoms with Crippen LogP contribution < -0.4 is 0 Å². The summed E-state index contributed by atoms with van der Waals surface area (Å²) in [6.45, 7) is 5.42. The van der Waals surface area contributed by atoms with Gasteiger partial charge in [0.15, 0.2) is 0 Å². The van der Waals surface area contributed by atoms with Crippen LogP contribution in [0.3, 0.4) is 0 Å². The van der Waals surface area contributed by atoms with Gasteiger partial charge in [0.1, 0.15) is 0 Å². The summed E-state index contributed by atoms with van der Waals surface area (Å²) in [7, 11) is 0. The van der Waals surface area contributed by atoms with E-state index in [1.807, 2.05) is 9.80 Å². The molecule has 0 spiro atoms. The zero-order valence-corrected chi connectivity index (χ0v) is 14.7. The van der Waals surface area contributed by atoms with Crippen LogP contribution in [0.4, 0.5) is 4.79 Å². The van der Waals surface area contributed by atoms with E-state index in [1.165, 1.54) is 5.56 Å². The van der Waals surface area contributed by atoms with Crippen molar-refractivity contribution in [2.75, 3.05) is 26.2 Å². The lowest BCUT2D eigenvalue weighted by Gasteiger charge is -2.33. The van der Waals surface area contributed by atoms with E-state index in [1.54, 1.807) is 11.3 Å². The predicted octanol–water partition coefficient (Wildman–Crippen LogP) is 3.50. The first-order chi connectivity index (χ1) is 11.7. The summed E-state index contributed by atoms with van der Waals surface area (Å²) in [5, 5.41) is 8.29. The minimum absolute atomic E-state index is 0.200. The summed E-state index contributed by atoms with van der Waals surface area (Å²) in [6, 6.07) is 0.200. The smallest absolute Gasteiger partial charge is 0.319 e. The van der Waals surface area contributed by atoms with Crippen LogP contribution in [0.15, 0.2) is 15.3 Å². The van der Waals surface area contributed by atoms with E-state index in [0.29, 0.717) is 11.7 Å². The molecule has 0 unspecified atom stereocenters. The van der Waals surface area contributed by atoms with Gasteiger partial charge in [0.25, 0.3) is 0 Å². The van der Waals surface area contributed by atoms with Gasteiger partial charge in [-0.1, -0.05) is 5.16 Å². The molecule has 7 heteroatoms. The molecule has 0 radical (unpaired) electrons. The fraction of sp³-hybridized carbons (Fsp3) is 0.588. The molecule has 24 heavy (non-hydrogen) atoms. The number of urea groups is 1. The Balaban J connectivity index is 1.38.